The lowest BCUT2D eigenvalue weighted by Crippen LogP contribution is -2.37. The van der Waals surface area contributed by atoms with Crippen molar-refractivity contribution in [3.8, 4) is 0 Å². The summed E-state index contributed by atoms with van der Waals surface area (Å²) in [6.07, 6.45) is 8.22. The summed E-state index contributed by atoms with van der Waals surface area (Å²) in [5, 5.41) is 3.70. The van der Waals surface area contributed by atoms with E-state index in [2.05, 4.69) is 34.5 Å². The van der Waals surface area contributed by atoms with Gasteiger partial charge in [0.1, 0.15) is 0 Å². The van der Waals surface area contributed by atoms with Crippen molar-refractivity contribution in [1.29, 1.82) is 0 Å². The first kappa shape index (κ1) is 14.1. The number of hydrogen-bond donors (Lipinski definition) is 1. The van der Waals surface area contributed by atoms with E-state index in [9.17, 15) is 0 Å². The average Bonchev–Trinajstić information content (AvgIpc) is 2.53. The monoisotopic (exact) mass is 272 g/mol. The van der Waals surface area contributed by atoms with Crippen molar-refractivity contribution in [3.05, 3.63) is 35.4 Å². The summed E-state index contributed by atoms with van der Waals surface area (Å²) in [6, 6.07) is 9.04. The predicted molar refractivity (Wildman–Crippen MR) is 85.3 cm³/mol. The molecule has 2 aliphatic rings. The summed E-state index contributed by atoms with van der Waals surface area (Å²) in [5.41, 5.74) is 3.19. The van der Waals surface area contributed by atoms with E-state index in [0.29, 0.717) is 0 Å². The van der Waals surface area contributed by atoms with Gasteiger partial charge in [0, 0.05) is 19.6 Å². The molecule has 2 nitrogen and oxygen atoms in total. The van der Waals surface area contributed by atoms with Gasteiger partial charge in [-0.15, -0.1) is 0 Å². The number of nitrogens with zero attached hydrogens (tertiary/aromatic N) is 1. The molecule has 3 rings (SSSR count). The lowest BCUT2D eigenvalue weighted by Gasteiger charge is -2.28. The Morgan fingerprint density at radius 2 is 1.90 bits per heavy atom. The molecule has 1 fully saturated rings. The molecule has 1 atom stereocenters. The number of rotatable bonds is 5. The Morgan fingerprint density at radius 1 is 1.05 bits per heavy atom. The molecule has 0 amide bonds. The van der Waals surface area contributed by atoms with Crippen molar-refractivity contribution in [1.82, 2.24) is 10.2 Å². The second-order valence-corrected chi connectivity index (χ2v) is 6.39. The van der Waals surface area contributed by atoms with E-state index in [1.54, 1.807) is 11.1 Å². The van der Waals surface area contributed by atoms with Crippen LogP contribution in [0.2, 0.25) is 0 Å². The molecule has 1 aromatic rings. The normalized spacial score (nSPS) is 23.5. The Labute approximate surface area is 123 Å². The minimum absolute atomic E-state index is 0.737. The van der Waals surface area contributed by atoms with Gasteiger partial charge in [0.25, 0.3) is 0 Å². The molecular weight excluding hydrogens is 244 g/mol. The van der Waals surface area contributed by atoms with Gasteiger partial charge in [-0.2, -0.15) is 0 Å². The zero-order valence-electron chi connectivity index (χ0n) is 12.6. The van der Waals surface area contributed by atoms with Crippen molar-refractivity contribution in [2.45, 2.75) is 44.4 Å². The van der Waals surface area contributed by atoms with Crippen LogP contribution in [0.4, 0.5) is 0 Å². The summed E-state index contributed by atoms with van der Waals surface area (Å²) in [5.74, 6) is 0.737. The molecule has 0 bridgehead atoms. The van der Waals surface area contributed by atoms with Gasteiger partial charge in [0.05, 0.1) is 0 Å². The zero-order chi connectivity index (χ0) is 13.6. The number of nitrogens with one attached hydrogen (secondary N) is 1. The third kappa shape index (κ3) is 3.62. The molecule has 0 radical (unpaired) electrons. The fourth-order valence-corrected chi connectivity index (χ4v) is 3.76. The van der Waals surface area contributed by atoms with E-state index in [0.717, 1.165) is 19.0 Å². The van der Waals surface area contributed by atoms with Crippen LogP contribution in [-0.2, 0) is 6.42 Å². The molecule has 0 spiro atoms. The van der Waals surface area contributed by atoms with Crippen LogP contribution in [0.15, 0.2) is 24.3 Å². The molecule has 1 aliphatic heterocycles. The van der Waals surface area contributed by atoms with Gasteiger partial charge < -0.3 is 10.2 Å². The minimum atomic E-state index is 0.737. The highest BCUT2D eigenvalue weighted by Crippen LogP contribution is 2.30. The van der Waals surface area contributed by atoms with Crippen LogP contribution in [0.5, 0.6) is 0 Å². The standard InChI is InChI=1S/C18H28N2/c1-4-12-20(13-5-1)14-11-19-15-17-9-6-8-16-7-2-3-10-18(16)17/h2-3,7,10,17,19H,1,4-6,8-9,11-15H2. The zero-order valence-corrected chi connectivity index (χ0v) is 12.6. The van der Waals surface area contributed by atoms with Crippen molar-refractivity contribution >= 4 is 0 Å². The SMILES string of the molecule is c1ccc2c(c1)CCCC2CNCCN1CCCCC1. The maximum Gasteiger partial charge on any atom is 0.0107 e. The third-order valence-corrected chi connectivity index (χ3v) is 4.94. The van der Waals surface area contributed by atoms with Gasteiger partial charge in [-0.3, -0.25) is 0 Å². The molecule has 20 heavy (non-hydrogen) atoms. The lowest BCUT2D eigenvalue weighted by molar-refractivity contribution is 0.228. The largest absolute Gasteiger partial charge is 0.315 e. The summed E-state index contributed by atoms with van der Waals surface area (Å²) >= 11 is 0. The lowest BCUT2D eigenvalue weighted by atomic mass is 9.83. The Morgan fingerprint density at radius 3 is 2.80 bits per heavy atom. The van der Waals surface area contributed by atoms with Gasteiger partial charge in [-0.05, 0) is 62.2 Å². The average molecular weight is 272 g/mol. The first-order valence-corrected chi connectivity index (χ1v) is 8.44. The summed E-state index contributed by atoms with van der Waals surface area (Å²) in [7, 11) is 0. The van der Waals surface area contributed by atoms with E-state index in [1.165, 1.54) is 58.2 Å². The molecule has 1 unspecified atom stereocenters. The first-order valence-electron chi connectivity index (χ1n) is 8.44. The fourth-order valence-electron chi connectivity index (χ4n) is 3.76. The number of hydrogen-bond acceptors (Lipinski definition) is 2. The van der Waals surface area contributed by atoms with E-state index < -0.39 is 0 Å². The second-order valence-electron chi connectivity index (χ2n) is 6.39. The van der Waals surface area contributed by atoms with E-state index in [1.807, 2.05) is 0 Å². The molecule has 0 aromatic heterocycles. The topological polar surface area (TPSA) is 15.3 Å². The molecule has 110 valence electrons. The minimum Gasteiger partial charge on any atom is -0.315 e. The number of benzene rings is 1. The van der Waals surface area contributed by atoms with Gasteiger partial charge in [-0.1, -0.05) is 30.7 Å². The van der Waals surface area contributed by atoms with Crippen LogP contribution in [-0.4, -0.2) is 37.6 Å². The Balaban J connectivity index is 1.43. The van der Waals surface area contributed by atoms with E-state index >= 15 is 0 Å². The highest BCUT2D eigenvalue weighted by Gasteiger charge is 2.19. The highest BCUT2D eigenvalue weighted by molar-refractivity contribution is 5.32. The van der Waals surface area contributed by atoms with Crippen molar-refractivity contribution in [3.63, 3.8) is 0 Å². The molecular formula is C18H28N2. The quantitative estimate of drug-likeness (QED) is 0.828. The molecule has 1 heterocycles. The van der Waals surface area contributed by atoms with Gasteiger partial charge in [0.15, 0.2) is 0 Å². The molecule has 1 aromatic carbocycles. The molecule has 1 N–H and O–H groups in total. The first-order chi connectivity index (χ1) is 9.93. The molecule has 1 saturated heterocycles. The van der Waals surface area contributed by atoms with Gasteiger partial charge >= 0.3 is 0 Å². The van der Waals surface area contributed by atoms with Gasteiger partial charge in [0.2, 0.25) is 0 Å². The Hall–Kier alpha value is -0.860. The van der Waals surface area contributed by atoms with Crippen LogP contribution in [0, 0.1) is 0 Å². The van der Waals surface area contributed by atoms with Crippen LogP contribution >= 0.6 is 0 Å². The van der Waals surface area contributed by atoms with E-state index in [4.69, 9.17) is 0 Å². The van der Waals surface area contributed by atoms with Crippen LogP contribution in [0.1, 0.15) is 49.1 Å². The predicted octanol–water partition coefficient (Wildman–Crippen LogP) is 3.18. The number of aryl methyl sites for hydroxylation is 1. The maximum atomic E-state index is 3.70. The highest BCUT2D eigenvalue weighted by atomic mass is 15.1. The number of fused-ring (bicyclic) bond motifs is 1. The smallest absolute Gasteiger partial charge is 0.0107 e. The van der Waals surface area contributed by atoms with Gasteiger partial charge in [-0.25, -0.2) is 0 Å². The van der Waals surface area contributed by atoms with Crippen LogP contribution in [0.3, 0.4) is 0 Å². The van der Waals surface area contributed by atoms with Crippen LogP contribution < -0.4 is 5.32 Å². The Kier molecular flexibility index (Phi) is 5.10. The molecule has 1 aliphatic carbocycles. The Bertz CT molecular complexity index is 410. The molecule has 2 heteroatoms. The van der Waals surface area contributed by atoms with Crippen molar-refractivity contribution in [2.24, 2.45) is 0 Å². The summed E-state index contributed by atoms with van der Waals surface area (Å²) < 4.78 is 0. The van der Waals surface area contributed by atoms with Crippen molar-refractivity contribution < 1.29 is 0 Å². The summed E-state index contributed by atoms with van der Waals surface area (Å²) in [6.45, 7) is 6.17. The summed E-state index contributed by atoms with van der Waals surface area (Å²) in [4.78, 5) is 2.62. The maximum absolute atomic E-state index is 3.70. The fraction of sp³-hybridized carbons (Fsp3) is 0.667. The third-order valence-electron chi connectivity index (χ3n) is 4.94. The van der Waals surface area contributed by atoms with Crippen LogP contribution in [0.25, 0.3) is 0 Å². The molecule has 0 saturated carbocycles. The van der Waals surface area contributed by atoms with Crippen molar-refractivity contribution in [2.75, 3.05) is 32.7 Å². The second kappa shape index (κ2) is 7.24. The van der Waals surface area contributed by atoms with E-state index in [-0.39, 0.29) is 0 Å². The number of likely N-dealkylation sites (tertiary alicyclic amines) is 1. The number of piperidine rings is 1.